The van der Waals surface area contributed by atoms with E-state index in [1.807, 2.05) is 4.72 Å². The van der Waals surface area contributed by atoms with Crippen LogP contribution in [0.4, 0.5) is 0 Å². The van der Waals surface area contributed by atoms with Gasteiger partial charge in [0, 0.05) is 0 Å². The lowest BCUT2D eigenvalue weighted by atomic mass is 10.7. The van der Waals surface area contributed by atoms with Crippen LogP contribution in [0, 0.1) is 0 Å². The molecular formula is C2H6N2O2S2. The molecule has 0 aliphatic heterocycles. The third kappa shape index (κ3) is 5.80. The van der Waals surface area contributed by atoms with E-state index in [2.05, 4.69) is 12.2 Å². The number of nitrogens with two attached hydrogens (primary N) is 1. The van der Waals surface area contributed by atoms with Crippen LogP contribution in [0.2, 0.25) is 0 Å². The van der Waals surface area contributed by atoms with Crippen molar-refractivity contribution in [1.82, 2.24) is 4.72 Å². The Morgan fingerprint density at radius 3 is 2.38 bits per heavy atom. The van der Waals surface area contributed by atoms with Gasteiger partial charge in [0.15, 0.2) is 0 Å². The van der Waals surface area contributed by atoms with Crippen molar-refractivity contribution in [2.75, 3.05) is 6.54 Å². The fourth-order valence-corrected chi connectivity index (χ4v) is 0.621. The number of hydrogen-bond acceptors (Lipinski definition) is 3. The van der Waals surface area contributed by atoms with E-state index in [1.165, 1.54) is 0 Å². The molecule has 0 aliphatic rings. The SMILES string of the molecule is NC(=S)CN[SH](=O)=O. The highest BCUT2D eigenvalue weighted by Crippen LogP contribution is 1.59. The first-order valence-electron chi connectivity index (χ1n) is 1.79. The smallest absolute Gasteiger partial charge is 0.201 e. The van der Waals surface area contributed by atoms with Crippen LogP contribution >= 0.6 is 12.2 Å². The molecule has 0 aromatic carbocycles. The summed E-state index contributed by atoms with van der Waals surface area (Å²) in [6.07, 6.45) is 0. The second-order valence-corrected chi connectivity index (χ2v) is 2.41. The molecule has 0 amide bonds. The second-order valence-electron chi connectivity index (χ2n) is 1.06. The topological polar surface area (TPSA) is 72.2 Å². The van der Waals surface area contributed by atoms with Gasteiger partial charge in [-0.3, -0.25) is 0 Å². The Bertz CT molecular complexity index is 144. The largest absolute Gasteiger partial charge is 0.392 e. The Hall–Kier alpha value is -0.200. The molecule has 0 rings (SSSR count). The van der Waals surface area contributed by atoms with Gasteiger partial charge in [-0.15, -0.1) is 0 Å². The quantitative estimate of drug-likeness (QED) is 0.338. The van der Waals surface area contributed by atoms with Crippen molar-refractivity contribution in [3.05, 3.63) is 0 Å². The van der Waals surface area contributed by atoms with E-state index in [0.29, 0.717) is 0 Å². The maximum Gasteiger partial charge on any atom is 0.201 e. The standard InChI is InChI=1S/C2H6N2O2S2/c3-2(7)1-4-8(5)6/h8H,1H2,(H2,3,7)(H,4,5,6). The van der Waals surface area contributed by atoms with Gasteiger partial charge in [0.25, 0.3) is 0 Å². The van der Waals surface area contributed by atoms with Gasteiger partial charge in [-0.25, -0.2) is 13.1 Å². The van der Waals surface area contributed by atoms with E-state index in [4.69, 9.17) is 5.73 Å². The Morgan fingerprint density at radius 2 is 2.25 bits per heavy atom. The van der Waals surface area contributed by atoms with Crippen LogP contribution in [0.15, 0.2) is 0 Å². The van der Waals surface area contributed by atoms with Gasteiger partial charge < -0.3 is 5.73 Å². The molecule has 3 N–H and O–H groups in total. The number of thiocarbonyl (C=S) groups is 1. The lowest BCUT2D eigenvalue weighted by Gasteiger charge is -1.89. The molecule has 4 nitrogen and oxygen atoms in total. The minimum atomic E-state index is -2.55. The fraction of sp³-hybridized carbons (Fsp3) is 0.500. The molecule has 6 heteroatoms. The molecule has 0 spiro atoms. The fourth-order valence-electron chi connectivity index (χ4n) is 0.142. The molecule has 0 saturated carbocycles. The van der Waals surface area contributed by atoms with E-state index < -0.39 is 10.9 Å². The second kappa shape index (κ2) is 3.76. The Morgan fingerprint density at radius 1 is 1.75 bits per heavy atom. The summed E-state index contributed by atoms with van der Waals surface area (Å²) < 4.78 is 21.5. The van der Waals surface area contributed by atoms with Crippen molar-refractivity contribution in [2.45, 2.75) is 0 Å². The highest BCUT2D eigenvalue weighted by molar-refractivity contribution is 7.80. The van der Waals surface area contributed by atoms with E-state index >= 15 is 0 Å². The summed E-state index contributed by atoms with van der Waals surface area (Å²) in [5, 5.41) is 0. The van der Waals surface area contributed by atoms with Crippen LogP contribution in [-0.2, 0) is 10.9 Å². The molecular weight excluding hydrogens is 148 g/mol. The third-order valence-corrected chi connectivity index (χ3v) is 0.943. The predicted octanol–water partition coefficient (Wildman–Crippen LogP) is -1.61. The molecule has 0 atom stereocenters. The average Bonchev–Trinajstić information content (AvgIpc) is 1.61. The van der Waals surface area contributed by atoms with Gasteiger partial charge in [-0.2, -0.15) is 0 Å². The molecule has 8 heavy (non-hydrogen) atoms. The Labute approximate surface area is 54.1 Å². The highest BCUT2D eigenvalue weighted by Gasteiger charge is 1.85. The van der Waals surface area contributed by atoms with Gasteiger partial charge >= 0.3 is 0 Å². The first-order chi connectivity index (χ1) is 3.63. The summed E-state index contributed by atoms with van der Waals surface area (Å²) in [4.78, 5) is 0.143. The lowest BCUT2D eigenvalue weighted by Crippen LogP contribution is -2.25. The molecule has 0 heterocycles. The maximum atomic E-state index is 9.71. The zero-order valence-electron chi connectivity index (χ0n) is 3.96. The number of rotatable bonds is 3. The van der Waals surface area contributed by atoms with Gasteiger partial charge in [0.05, 0.1) is 11.5 Å². The number of nitrogens with one attached hydrogen (secondary N) is 1. The van der Waals surface area contributed by atoms with E-state index in [0.717, 1.165) is 0 Å². The normalized spacial score (nSPS) is 9.62. The van der Waals surface area contributed by atoms with Crippen molar-refractivity contribution >= 4 is 28.1 Å². The van der Waals surface area contributed by atoms with Crippen molar-refractivity contribution < 1.29 is 8.42 Å². The zero-order valence-corrected chi connectivity index (χ0v) is 5.67. The van der Waals surface area contributed by atoms with E-state index in [-0.39, 0.29) is 11.5 Å². The van der Waals surface area contributed by atoms with E-state index in [9.17, 15) is 8.42 Å². The van der Waals surface area contributed by atoms with Crippen LogP contribution in [-0.4, -0.2) is 20.0 Å². The van der Waals surface area contributed by atoms with Crippen LogP contribution in [0.1, 0.15) is 0 Å². The van der Waals surface area contributed by atoms with Crippen LogP contribution < -0.4 is 10.5 Å². The molecule has 0 aromatic heterocycles. The average molecular weight is 154 g/mol. The molecule has 0 aliphatic carbocycles. The minimum Gasteiger partial charge on any atom is -0.392 e. The third-order valence-electron chi connectivity index (χ3n) is 0.382. The number of thiol groups is 1. The van der Waals surface area contributed by atoms with Gasteiger partial charge in [-0.1, -0.05) is 12.2 Å². The van der Waals surface area contributed by atoms with Crippen LogP contribution in [0.5, 0.6) is 0 Å². The summed E-state index contributed by atoms with van der Waals surface area (Å²) in [6.45, 7) is 0.0496. The van der Waals surface area contributed by atoms with Crippen molar-refractivity contribution in [3.63, 3.8) is 0 Å². The zero-order chi connectivity index (χ0) is 6.57. The van der Waals surface area contributed by atoms with Crippen molar-refractivity contribution in [3.8, 4) is 0 Å². The molecule has 0 bridgehead atoms. The molecule has 0 fully saturated rings. The summed E-state index contributed by atoms with van der Waals surface area (Å²) in [5.41, 5.74) is 4.94. The van der Waals surface area contributed by atoms with Crippen molar-refractivity contribution in [1.29, 1.82) is 0 Å². The first kappa shape index (κ1) is 7.80. The lowest BCUT2D eigenvalue weighted by molar-refractivity contribution is 0.606. The Kier molecular flexibility index (Phi) is 3.67. The summed E-state index contributed by atoms with van der Waals surface area (Å²) in [5.74, 6) is 0. The van der Waals surface area contributed by atoms with Crippen LogP contribution in [0.25, 0.3) is 0 Å². The highest BCUT2D eigenvalue weighted by atomic mass is 32.2. The van der Waals surface area contributed by atoms with Crippen molar-refractivity contribution in [2.24, 2.45) is 5.73 Å². The maximum absolute atomic E-state index is 9.71. The predicted molar refractivity (Wildman–Crippen MR) is 35.1 cm³/mol. The van der Waals surface area contributed by atoms with Gasteiger partial charge in [-0.05, 0) is 0 Å². The summed E-state index contributed by atoms with van der Waals surface area (Å²) in [6, 6.07) is 0. The first-order valence-corrected chi connectivity index (χ1v) is 3.37. The molecule has 0 saturated heterocycles. The molecule has 48 valence electrons. The van der Waals surface area contributed by atoms with E-state index in [1.54, 1.807) is 0 Å². The molecule has 0 radical (unpaired) electrons. The Balaban J connectivity index is 3.32. The summed E-state index contributed by atoms with van der Waals surface area (Å²) >= 11 is 4.36. The van der Waals surface area contributed by atoms with Crippen LogP contribution in [0.3, 0.4) is 0 Å². The monoisotopic (exact) mass is 154 g/mol. The number of hydrogen-bond donors (Lipinski definition) is 3. The molecule has 0 aromatic rings. The van der Waals surface area contributed by atoms with Gasteiger partial charge in [0.2, 0.25) is 10.9 Å². The minimum absolute atomic E-state index is 0.0496. The summed E-state index contributed by atoms with van der Waals surface area (Å²) in [7, 11) is -2.55. The van der Waals surface area contributed by atoms with Gasteiger partial charge in [0.1, 0.15) is 0 Å². The molecule has 0 unspecified atom stereocenters.